The fourth-order valence-corrected chi connectivity index (χ4v) is 1.13. The molecule has 2 rings (SSSR count). The number of hydrogen-bond donors (Lipinski definition) is 0. The minimum absolute atomic E-state index is 0.201. The lowest BCUT2D eigenvalue weighted by Gasteiger charge is -2.09. The van der Waals surface area contributed by atoms with Crippen molar-refractivity contribution in [1.29, 1.82) is 0 Å². The van der Waals surface area contributed by atoms with Crippen molar-refractivity contribution in [2.45, 2.75) is 0 Å². The fourth-order valence-electron chi connectivity index (χ4n) is 0.869. The minimum Gasteiger partial charge on any atom is -0.377 e. The van der Waals surface area contributed by atoms with E-state index in [9.17, 15) is 4.39 Å². The quantitative estimate of drug-likeness (QED) is 0.716. The summed E-state index contributed by atoms with van der Waals surface area (Å²) in [5, 5.41) is 0. The lowest BCUT2D eigenvalue weighted by molar-refractivity contribution is -0.0334. The first-order valence-corrected chi connectivity index (χ1v) is 5.15. The van der Waals surface area contributed by atoms with Gasteiger partial charge in [0.05, 0.1) is 26.4 Å². The highest BCUT2D eigenvalue weighted by atomic mass is 79.9. The maximum absolute atomic E-state index is 12.1. The van der Waals surface area contributed by atoms with Crippen LogP contribution in [-0.2, 0) is 9.47 Å². The van der Waals surface area contributed by atoms with Crippen molar-refractivity contribution in [3.05, 3.63) is 34.6 Å². The maximum atomic E-state index is 12.1. The van der Waals surface area contributed by atoms with Crippen LogP contribution in [0.25, 0.3) is 0 Å². The van der Waals surface area contributed by atoms with Crippen LogP contribution >= 0.6 is 15.9 Å². The molecule has 1 aliphatic heterocycles. The van der Waals surface area contributed by atoms with Crippen molar-refractivity contribution in [3.8, 4) is 0 Å². The third-order valence-electron chi connectivity index (χ3n) is 1.55. The summed E-state index contributed by atoms with van der Waals surface area (Å²) in [5.41, 5.74) is 0. The molecular formula is C10H12BrFO2. The SMILES string of the molecule is C1COCCO1.Fc1ccc(Br)cc1. The van der Waals surface area contributed by atoms with E-state index in [1.54, 1.807) is 12.1 Å². The van der Waals surface area contributed by atoms with E-state index < -0.39 is 0 Å². The zero-order chi connectivity index (χ0) is 10.2. The smallest absolute Gasteiger partial charge is 0.123 e. The van der Waals surface area contributed by atoms with Crippen LogP contribution in [0, 0.1) is 5.82 Å². The van der Waals surface area contributed by atoms with Crippen LogP contribution in [0.3, 0.4) is 0 Å². The molecule has 1 saturated heterocycles. The summed E-state index contributed by atoms with van der Waals surface area (Å²) in [6, 6.07) is 6.14. The first-order chi connectivity index (χ1) is 6.79. The molecule has 1 aliphatic rings. The van der Waals surface area contributed by atoms with Crippen molar-refractivity contribution in [1.82, 2.24) is 0 Å². The molecule has 0 radical (unpaired) electrons. The molecule has 1 heterocycles. The van der Waals surface area contributed by atoms with Crippen molar-refractivity contribution >= 4 is 15.9 Å². The highest BCUT2D eigenvalue weighted by molar-refractivity contribution is 9.10. The second kappa shape index (κ2) is 6.92. The summed E-state index contributed by atoms with van der Waals surface area (Å²) < 4.78 is 22.9. The van der Waals surface area contributed by atoms with Crippen LogP contribution in [0.5, 0.6) is 0 Å². The van der Waals surface area contributed by atoms with Crippen molar-refractivity contribution < 1.29 is 13.9 Å². The Labute approximate surface area is 91.2 Å². The first-order valence-electron chi connectivity index (χ1n) is 4.35. The molecule has 1 fully saturated rings. The molecule has 0 bridgehead atoms. The van der Waals surface area contributed by atoms with E-state index in [-0.39, 0.29) is 5.82 Å². The van der Waals surface area contributed by atoms with Gasteiger partial charge in [-0.2, -0.15) is 0 Å². The summed E-state index contributed by atoms with van der Waals surface area (Å²) in [4.78, 5) is 0. The summed E-state index contributed by atoms with van der Waals surface area (Å²) in [6.07, 6.45) is 0. The van der Waals surface area contributed by atoms with E-state index in [1.165, 1.54) is 12.1 Å². The predicted molar refractivity (Wildman–Crippen MR) is 55.7 cm³/mol. The lowest BCUT2D eigenvalue weighted by Crippen LogP contribution is -2.16. The van der Waals surface area contributed by atoms with Gasteiger partial charge in [0.15, 0.2) is 0 Å². The van der Waals surface area contributed by atoms with Crippen molar-refractivity contribution in [2.24, 2.45) is 0 Å². The Hall–Kier alpha value is -0.450. The van der Waals surface area contributed by atoms with Crippen molar-refractivity contribution in [2.75, 3.05) is 26.4 Å². The van der Waals surface area contributed by atoms with Gasteiger partial charge in [0, 0.05) is 4.47 Å². The summed E-state index contributed by atoms with van der Waals surface area (Å²) in [7, 11) is 0. The van der Waals surface area contributed by atoms with E-state index >= 15 is 0 Å². The summed E-state index contributed by atoms with van der Waals surface area (Å²) in [6.45, 7) is 3.11. The van der Waals surface area contributed by atoms with Gasteiger partial charge in [-0.1, -0.05) is 15.9 Å². The van der Waals surface area contributed by atoms with Gasteiger partial charge in [-0.15, -0.1) is 0 Å². The average molecular weight is 263 g/mol. The summed E-state index contributed by atoms with van der Waals surface area (Å²) >= 11 is 3.18. The Balaban J connectivity index is 0.000000146. The molecule has 0 N–H and O–H groups in total. The van der Waals surface area contributed by atoms with Gasteiger partial charge in [-0.25, -0.2) is 4.39 Å². The normalized spacial score (nSPS) is 15.6. The Morgan fingerprint density at radius 2 is 1.36 bits per heavy atom. The topological polar surface area (TPSA) is 18.5 Å². The van der Waals surface area contributed by atoms with E-state index in [1.807, 2.05) is 0 Å². The molecule has 0 aromatic heterocycles. The van der Waals surface area contributed by atoms with Crippen LogP contribution in [0.2, 0.25) is 0 Å². The molecule has 0 spiro atoms. The number of benzene rings is 1. The zero-order valence-corrected chi connectivity index (χ0v) is 9.30. The van der Waals surface area contributed by atoms with Gasteiger partial charge in [-0.3, -0.25) is 0 Å². The molecular weight excluding hydrogens is 251 g/mol. The maximum Gasteiger partial charge on any atom is 0.123 e. The molecule has 14 heavy (non-hydrogen) atoms. The Morgan fingerprint density at radius 3 is 1.64 bits per heavy atom. The second-order valence-electron chi connectivity index (χ2n) is 2.66. The number of hydrogen-bond acceptors (Lipinski definition) is 2. The third kappa shape index (κ3) is 5.32. The molecule has 0 atom stereocenters. The fraction of sp³-hybridized carbons (Fsp3) is 0.400. The highest BCUT2D eigenvalue weighted by Crippen LogP contribution is 2.08. The van der Waals surface area contributed by atoms with Gasteiger partial charge in [-0.05, 0) is 24.3 Å². The molecule has 1 aromatic rings. The Bertz CT molecular complexity index is 214. The van der Waals surface area contributed by atoms with Crippen molar-refractivity contribution in [3.63, 3.8) is 0 Å². The molecule has 4 heteroatoms. The van der Waals surface area contributed by atoms with E-state index in [0.717, 1.165) is 30.9 Å². The largest absolute Gasteiger partial charge is 0.377 e. The Kier molecular flexibility index (Phi) is 5.75. The van der Waals surface area contributed by atoms with E-state index in [4.69, 9.17) is 9.47 Å². The Morgan fingerprint density at radius 1 is 0.929 bits per heavy atom. The van der Waals surface area contributed by atoms with Crippen LogP contribution < -0.4 is 0 Å². The van der Waals surface area contributed by atoms with Gasteiger partial charge >= 0.3 is 0 Å². The lowest BCUT2D eigenvalue weighted by atomic mass is 10.4. The van der Waals surface area contributed by atoms with Crippen LogP contribution in [0.15, 0.2) is 28.7 Å². The van der Waals surface area contributed by atoms with Gasteiger partial charge in [0.25, 0.3) is 0 Å². The standard InChI is InChI=1S/C6H4BrF.C4H8O2/c7-5-1-3-6(8)4-2-5;1-2-6-4-3-5-1/h1-4H;1-4H2. The van der Waals surface area contributed by atoms with Gasteiger partial charge < -0.3 is 9.47 Å². The number of rotatable bonds is 0. The van der Waals surface area contributed by atoms with Crippen LogP contribution in [-0.4, -0.2) is 26.4 Å². The molecule has 1 aromatic carbocycles. The minimum atomic E-state index is -0.201. The molecule has 0 amide bonds. The average Bonchev–Trinajstić information content (AvgIpc) is 2.26. The number of halogens is 2. The first kappa shape index (κ1) is 11.6. The molecule has 0 unspecified atom stereocenters. The zero-order valence-electron chi connectivity index (χ0n) is 7.71. The third-order valence-corrected chi connectivity index (χ3v) is 2.08. The molecule has 0 saturated carbocycles. The van der Waals surface area contributed by atoms with E-state index in [2.05, 4.69) is 15.9 Å². The van der Waals surface area contributed by atoms with E-state index in [0.29, 0.717) is 0 Å². The highest BCUT2D eigenvalue weighted by Gasteiger charge is 1.94. The predicted octanol–water partition coefficient (Wildman–Crippen LogP) is 2.62. The number of ether oxygens (including phenoxy) is 2. The van der Waals surface area contributed by atoms with Crippen LogP contribution in [0.1, 0.15) is 0 Å². The van der Waals surface area contributed by atoms with Gasteiger partial charge in [0.1, 0.15) is 5.82 Å². The summed E-state index contributed by atoms with van der Waals surface area (Å²) in [5.74, 6) is -0.201. The second-order valence-corrected chi connectivity index (χ2v) is 3.58. The molecule has 0 aliphatic carbocycles. The monoisotopic (exact) mass is 262 g/mol. The van der Waals surface area contributed by atoms with Crippen LogP contribution in [0.4, 0.5) is 4.39 Å². The van der Waals surface area contributed by atoms with Gasteiger partial charge in [0.2, 0.25) is 0 Å². The molecule has 78 valence electrons. The molecule has 2 nitrogen and oxygen atoms in total.